The molecule has 2 aliphatic rings. The van der Waals surface area contributed by atoms with E-state index in [1.165, 1.54) is 23.2 Å². The third kappa shape index (κ3) is 3.06. The molecule has 4 heterocycles. The largest absolute Gasteiger partial charge is 0.394 e. The zero-order valence-corrected chi connectivity index (χ0v) is 16.3. The Balaban J connectivity index is 1.89. The number of nitrogens with zero attached hydrogens (tertiary/aromatic N) is 7. The van der Waals surface area contributed by atoms with Crippen LogP contribution in [-0.2, 0) is 19.8 Å². The van der Waals surface area contributed by atoms with Gasteiger partial charge in [0, 0.05) is 14.1 Å². The van der Waals surface area contributed by atoms with Crippen LogP contribution in [0.4, 0.5) is 5.82 Å². The standard InChI is InChI=1S/C18H23N7O4/c1-23(2)10-21-16-11-5-6-13(25(11)22-9-20-16)18(8-19)15-14(12(7-26)29-18)27-17(28-15)24(3)4/h5-6,9-10,12,14-15,17,26H,7H2,1-4H3/t12-,14-,15-,17?,18+/m1/s1/i5D,7D2. The number of rotatable bonds is 5. The zero-order chi connectivity index (χ0) is 23.4. The Morgan fingerprint density at radius 1 is 1.48 bits per heavy atom. The van der Waals surface area contributed by atoms with Crippen LogP contribution in [0.15, 0.2) is 23.4 Å². The van der Waals surface area contributed by atoms with Crippen molar-refractivity contribution in [3.05, 3.63) is 24.1 Å². The van der Waals surface area contributed by atoms with E-state index in [9.17, 15) is 10.4 Å². The smallest absolute Gasteiger partial charge is 0.226 e. The quantitative estimate of drug-likeness (QED) is 0.528. The molecule has 0 bridgehead atoms. The summed E-state index contributed by atoms with van der Waals surface area (Å²) >= 11 is 0. The molecule has 0 aliphatic carbocycles. The van der Waals surface area contributed by atoms with Gasteiger partial charge in [0.25, 0.3) is 0 Å². The van der Waals surface area contributed by atoms with Crippen molar-refractivity contribution < 1.29 is 23.4 Å². The van der Waals surface area contributed by atoms with E-state index in [1.54, 1.807) is 38.0 Å². The number of fused-ring (bicyclic) bond motifs is 2. The molecule has 2 aromatic rings. The molecule has 0 aromatic carbocycles. The van der Waals surface area contributed by atoms with E-state index in [-0.39, 0.29) is 23.1 Å². The molecule has 4 rings (SSSR count). The second-order valence-corrected chi connectivity index (χ2v) is 7.17. The van der Waals surface area contributed by atoms with E-state index >= 15 is 0 Å². The molecule has 2 aromatic heterocycles. The van der Waals surface area contributed by atoms with Crippen molar-refractivity contribution in [1.29, 1.82) is 5.26 Å². The van der Waals surface area contributed by atoms with Crippen LogP contribution in [0.5, 0.6) is 0 Å². The molecular weight excluding hydrogens is 378 g/mol. The monoisotopic (exact) mass is 404 g/mol. The van der Waals surface area contributed by atoms with Gasteiger partial charge in [-0.05, 0) is 26.2 Å². The van der Waals surface area contributed by atoms with Gasteiger partial charge in [0.2, 0.25) is 12.0 Å². The maximum Gasteiger partial charge on any atom is 0.226 e. The normalized spacial score (nSPS) is 33.6. The van der Waals surface area contributed by atoms with E-state index in [0.717, 1.165) is 0 Å². The summed E-state index contributed by atoms with van der Waals surface area (Å²) in [5, 5.41) is 24.5. The summed E-state index contributed by atoms with van der Waals surface area (Å²) in [5.41, 5.74) is -1.57. The molecule has 0 radical (unpaired) electrons. The summed E-state index contributed by atoms with van der Waals surface area (Å²) in [6.45, 7) is -2.82. The number of ether oxygens (including phenoxy) is 3. The molecule has 29 heavy (non-hydrogen) atoms. The molecule has 2 fully saturated rings. The third-order valence-electron chi connectivity index (χ3n) is 4.70. The van der Waals surface area contributed by atoms with E-state index in [1.807, 2.05) is 0 Å². The number of aromatic nitrogens is 3. The summed E-state index contributed by atoms with van der Waals surface area (Å²) in [6, 6.07) is 3.43. The van der Waals surface area contributed by atoms with Crippen LogP contribution in [0.3, 0.4) is 0 Å². The van der Waals surface area contributed by atoms with Crippen LogP contribution in [0.25, 0.3) is 5.52 Å². The molecule has 2 aliphatic heterocycles. The van der Waals surface area contributed by atoms with Gasteiger partial charge in [-0.3, -0.25) is 4.90 Å². The lowest BCUT2D eigenvalue weighted by Gasteiger charge is -2.27. The maximum atomic E-state index is 10.3. The molecule has 11 heteroatoms. The fourth-order valence-corrected chi connectivity index (χ4v) is 3.41. The first-order valence-corrected chi connectivity index (χ1v) is 8.83. The van der Waals surface area contributed by atoms with E-state index < -0.39 is 36.9 Å². The Hall–Kier alpha value is -2.62. The number of hydrogen-bond donors (Lipinski definition) is 1. The Morgan fingerprint density at radius 3 is 2.93 bits per heavy atom. The summed E-state index contributed by atoms with van der Waals surface area (Å²) in [7, 11) is 6.96. The summed E-state index contributed by atoms with van der Waals surface area (Å²) in [4.78, 5) is 11.7. The Morgan fingerprint density at radius 2 is 2.28 bits per heavy atom. The number of hydrogen-bond acceptors (Lipinski definition) is 9. The zero-order valence-electron chi connectivity index (χ0n) is 19.3. The van der Waals surface area contributed by atoms with E-state index in [0.29, 0.717) is 0 Å². The van der Waals surface area contributed by atoms with Crippen LogP contribution < -0.4 is 0 Å². The average Bonchev–Trinajstić information content (AvgIpc) is 3.37. The minimum atomic E-state index is -2.82. The molecule has 1 unspecified atom stereocenters. The SMILES string of the molecule is [2H]c1cc([C@]2(C#N)O[C@H](C([2H])([2H])O)[C@H]3OC(N(C)C)O[C@H]32)n2ncnc(N=CN(C)C)c12. The van der Waals surface area contributed by atoms with Gasteiger partial charge in [0.05, 0.1) is 22.7 Å². The Labute approximate surface area is 171 Å². The predicted molar refractivity (Wildman–Crippen MR) is 101 cm³/mol. The molecule has 0 amide bonds. The van der Waals surface area contributed by atoms with Crippen LogP contribution in [0, 0.1) is 11.3 Å². The highest BCUT2D eigenvalue weighted by molar-refractivity contribution is 5.71. The van der Waals surface area contributed by atoms with Gasteiger partial charge < -0.3 is 24.2 Å². The number of aliphatic hydroxyl groups is 1. The molecule has 11 nitrogen and oxygen atoms in total. The van der Waals surface area contributed by atoms with Crippen molar-refractivity contribution in [2.45, 2.75) is 30.3 Å². The molecule has 5 atom stereocenters. The van der Waals surface area contributed by atoms with Crippen molar-refractivity contribution in [2.75, 3.05) is 34.7 Å². The molecule has 1 N–H and O–H groups in total. The van der Waals surface area contributed by atoms with Crippen molar-refractivity contribution in [3.63, 3.8) is 0 Å². The van der Waals surface area contributed by atoms with Gasteiger partial charge in [0.1, 0.15) is 36.2 Å². The van der Waals surface area contributed by atoms with Gasteiger partial charge >= 0.3 is 0 Å². The molecule has 0 spiro atoms. The topological polar surface area (TPSA) is 121 Å². The van der Waals surface area contributed by atoms with Gasteiger partial charge in [0.15, 0.2) is 5.82 Å². The third-order valence-corrected chi connectivity index (χ3v) is 4.70. The minimum absolute atomic E-state index is 0.0141. The first-order chi connectivity index (χ1) is 15.0. The first kappa shape index (κ1) is 16.2. The highest BCUT2D eigenvalue weighted by Gasteiger charge is 2.64. The number of nitriles is 1. The van der Waals surface area contributed by atoms with Crippen LogP contribution >= 0.6 is 0 Å². The predicted octanol–water partition coefficient (Wildman–Crippen LogP) is -0.310. The van der Waals surface area contributed by atoms with Gasteiger partial charge in [-0.2, -0.15) is 10.4 Å². The van der Waals surface area contributed by atoms with Crippen molar-refractivity contribution in [3.8, 4) is 6.07 Å². The first-order valence-electron chi connectivity index (χ1n) is 10.3. The van der Waals surface area contributed by atoms with Gasteiger partial charge in [-0.15, -0.1) is 0 Å². The van der Waals surface area contributed by atoms with E-state index in [2.05, 4.69) is 21.1 Å². The second kappa shape index (κ2) is 7.33. The summed E-state index contributed by atoms with van der Waals surface area (Å²) in [5.74, 6) is 0.205. The highest BCUT2D eigenvalue weighted by atomic mass is 16.8. The van der Waals surface area contributed by atoms with Crippen molar-refractivity contribution in [2.24, 2.45) is 4.99 Å². The van der Waals surface area contributed by atoms with Crippen LogP contribution in [-0.4, -0.2) is 95.3 Å². The maximum absolute atomic E-state index is 10.3. The van der Waals surface area contributed by atoms with E-state index in [4.69, 9.17) is 18.3 Å². The molecule has 2 saturated heterocycles. The minimum Gasteiger partial charge on any atom is -0.394 e. The van der Waals surface area contributed by atoms with Crippen molar-refractivity contribution >= 4 is 17.7 Å². The summed E-state index contributed by atoms with van der Waals surface area (Å²) < 4.78 is 42.9. The fraction of sp³-hybridized carbons (Fsp3) is 0.556. The lowest BCUT2D eigenvalue weighted by molar-refractivity contribution is -0.203. The lowest BCUT2D eigenvalue weighted by Crippen LogP contribution is -2.41. The highest BCUT2D eigenvalue weighted by Crippen LogP contribution is 2.47. The van der Waals surface area contributed by atoms with Gasteiger partial charge in [-0.25, -0.2) is 14.5 Å². The lowest BCUT2D eigenvalue weighted by atomic mass is 9.92. The number of aliphatic imine (C=N–C) groups is 1. The molecule has 154 valence electrons. The summed E-state index contributed by atoms with van der Waals surface area (Å²) in [6.07, 6.45) is -1.86. The van der Waals surface area contributed by atoms with Crippen LogP contribution in [0.2, 0.25) is 0 Å². The molecular formula is C18H23N7O4. The second-order valence-electron chi connectivity index (χ2n) is 7.17. The van der Waals surface area contributed by atoms with Gasteiger partial charge in [-0.1, -0.05) is 0 Å². The Kier molecular flexibility index (Phi) is 4.09. The average molecular weight is 404 g/mol. The Bertz CT molecular complexity index is 1100. The van der Waals surface area contributed by atoms with Crippen molar-refractivity contribution in [1.82, 2.24) is 24.4 Å². The van der Waals surface area contributed by atoms with Crippen LogP contribution in [0.1, 0.15) is 9.81 Å². The molecule has 0 saturated carbocycles. The fourth-order valence-electron chi connectivity index (χ4n) is 3.41.